The Morgan fingerprint density at radius 3 is 2.20 bits per heavy atom. The van der Waals surface area contributed by atoms with E-state index in [1.807, 2.05) is 24.3 Å². The SMILES string of the molecule is Cc1cc(C(=O)O)ccc1NC(=O)C(C)CCNC(=O)OCC1c2ccccc2-c2ccccc21. The average Bonchev–Trinajstić information content (AvgIpc) is 3.17. The van der Waals surface area contributed by atoms with Crippen molar-refractivity contribution in [2.45, 2.75) is 26.2 Å². The summed E-state index contributed by atoms with van der Waals surface area (Å²) in [6.45, 7) is 4.05. The van der Waals surface area contributed by atoms with Gasteiger partial charge in [0.05, 0.1) is 5.56 Å². The van der Waals surface area contributed by atoms with Crippen LogP contribution in [0.3, 0.4) is 0 Å². The van der Waals surface area contributed by atoms with Gasteiger partial charge < -0.3 is 20.5 Å². The van der Waals surface area contributed by atoms with Gasteiger partial charge in [-0.3, -0.25) is 4.79 Å². The van der Waals surface area contributed by atoms with Gasteiger partial charge in [-0.05, 0) is 59.4 Å². The highest BCUT2D eigenvalue weighted by Gasteiger charge is 2.29. The van der Waals surface area contributed by atoms with Crippen LogP contribution in [0.15, 0.2) is 66.7 Å². The number of carbonyl (C=O) groups is 3. The molecule has 4 rings (SSSR count). The molecule has 0 aromatic heterocycles. The third kappa shape index (κ3) is 5.35. The summed E-state index contributed by atoms with van der Waals surface area (Å²) in [4.78, 5) is 35.9. The number of hydrogen-bond donors (Lipinski definition) is 3. The van der Waals surface area contributed by atoms with Crippen LogP contribution in [0.1, 0.15) is 46.3 Å². The summed E-state index contributed by atoms with van der Waals surface area (Å²) < 4.78 is 5.53. The third-order valence-electron chi connectivity index (χ3n) is 6.37. The van der Waals surface area contributed by atoms with Crippen LogP contribution in [0.25, 0.3) is 11.1 Å². The molecule has 1 aliphatic rings. The van der Waals surface area contributed by atoms with Crippen LogP contribution in [0.4, 0.5) is 10.5 Å². The van der Waals surface area contributed by atoms with E-state index in [-0.39, 0.29) is 29.9 Å². The lowest BCUT2D eigenvalue weighted by molar-refractivity contribution is -0.119. The molecule has 1 unspecified atom stereocenters. The molecule has 0 bridgehead atoms. The van der Waals surface area contributed by atoms with Gasteiger partial charge in [0, 0.05) is 24.1 Å². The molecule has 35 heavy (non-hydrogen) atoms. The lowest BCUT2D eigenvalue weighted by Crippen LogP contribution is -2.30. The number of aryl methyl sites for hydroxylation is 1. The van der Waals surface area contributed by atoms with Crippen LogP contribution >= 0.6 is 0 Å². The van der Waals surface area contributed by atoms with E-state index in [9.17, 15) is 14.4 Å². The van der Waals surface area contributed by atoms with E-state index in [4.69, 9.17) is 9.84 Å². The molecule has 180 valence electrons. The smallest absolute Gasteiger partial charge is 0.407 e. The lowest BCUT2D eigenvalue weighted by Gasteiger charge is -2.16. The predicted molar refractivity (Wildman–Crippen MR) is 134 cm³/mol. The van der Waals surface area contributed by atoms with Crippen molar-refractivity contribution in [1.29, 1.82) is 0 Å². The molecular formula is C28H28N2O5. The summed E-state index contributed by atoms with van der Waals surface area (Å²) in [5.74, 6) is -1.58. The molecule has 0 spiro atoms. The molecule has 0 saturated carbocycles. The molecule has 0 radical (unpaired) electrons. The summed E-state index contributed by atoms with van der Waals surface area (Å²) in [6, 6.07) is 20.9. The Morgan fingerprint density at radius 1 is 0.971 bits per heavy atom. The van der Waals surface area contributed by atoms with Gasteiger partial charge in [0.2, 0.25) is 5.91 Å². The van der Waals surface area contributed by atoms with E-state index in [2.05, 4.69) is 34.9 Å². The van der Waals surface area contributed by atoms with Gasteiger partial charge in [-0.2, -0.15) is 0 Å². The first-order chi connectivity index (χ1) is 16.8. The monoisotopic (exact) mass is 472 g/mol. The Morgan fingerprint density at radius 2 is 1.60 bits per heavy atom. The van der Waals surface area contributed by atoms with Gasteiger partial charge in [0.1, 0.15) is 6.61 Å². The second-order valence-electron chi connectivity index (χ2n) is 8.77. The number of ether oxygens (including phenoxy) is 1. The fraction of sp³-hybridized carbons (Fsp3) is 0.250. The fourth-order valence-corrected chi connectivity index (χ4v) is 4.36. The first-order valence-corrected chi connectivity index (χ1v) is 11.6. The van der Waals surface area contributed by atoms with Crippen molar-refractivity contribution in [2.24, 2.45) is 5.92 Å². The summed E-state index contributed by atoms with van der Waals surface area (Å²) in [7, 11) is 0. The number of benzene rings is 3. The average molecular weight is 473 g/mol. The molecule has 2 amide bonds. The summed E-state index contributed by atoms with van der Waals surface area (Å²) >= 11 is 0. The maximum absolute atomic E-state index is 12.5. The number of nitrogens with one attached hydrogen (secondary N) is 2. The Labute approximate surface area is 204 Å². The highest BCUT2D eigenvalue weighted by atomic mass is 16.5. The van der Waals surface area contributed by atoms with Crippen molar-refractivity contribution in [3.05, 3.63) is 89.0 Å². The van der Waals surface area contributed by atoms with Crippen molar-refractivity contribution < 1.29 is 24.2 Å². The Hall–Kier alpha value is -4.13. The fourth-order valence-electron chi connectivity index (χ4n) is 4.36. The number of hydrogen-bond acceptors (Lipinski definition) is 4. The first-order valence-electron chi connectivity index (χ1n) is 11.6. The van der Waals surface area contributed by atoms with Gasteiger partial charge in [-0.15, -0.1) is 0 Å². The van der Waals surface area contributed by atoms with Crippen LogP contribution < -0.4 is 10.6 Å². The standard InChI is InChI=1S/C28H28N2O5/c1-17(26(31)30-25-12-11-19(27(32)33)15-18(25)2)13-14-29-28(34)35-16-24-22-9-5-3-7-20(22)21-8-4-6-10-23(21)24/h3-12,15,17,24H,13-14,16H2,1-2H3,(H,29,34)(H,30,31)(H,32,33). The van der Waals surface area contributed by atoms with E-state index in [0.29, 0.717) is 24.2 Å². The zero-order valence-electron chi connectivity index (χ0n) is 19.7. The Bertz CT molecular complexity index is 1220. The number of anilines is 1. The summed E-state index contributed by atoms with van der Waals surface area (Å²) in [6.07, 6.45) is -0.0815. The van der Waals surface area contributed by atoms with Crippen molar-refractivity contribution in [2.75, 3.05) is 18.5 Å². The molecule has 3 aromatic rings. The highest BCUT2D eigenvalue weighted by Crippen LogP contribution is 2.44. The van der Waals surface area contributed by atoms with Gasteiger partial charge in [-0.25, -0.2) is 9.59 Å². The van der Waals surface area contributed by atoms with E-state index >= 15 is 0 Å². The third-order valence-corrected chi connectivity index (χ3v) is 6.37. The molecule has 0 aliphatic heterocycles. The number of carboxylic acid groups (broad SMARTS) is 1. The quantitative estimate of drug-likeness (QED) is 0.418. The summed E-state index contributed by atoms with van der Waals surface area (Å²) in [5, 5.41) is 14.6. The number of rotatable bonds is 8. The maximum Gasteiger partial charge on any atom is 0.407 e. The van der Waals surface area contributed by atoms with Crippen LogP contribution in [0.2, 0.25) is 0 Å². The first kappa shape index (κ1) is 24.0. The maximum atomic E-state index is 12.5. The number of alkyl carbamates (subject to hydrolysis) is 1. The molecule has 7 nitrogen and oxygen atoms in total. The minimum Gasteiger partial charge on any atom is -0.478 e. The highest BCUT2D eigenvalue weighted by molar-refractivity contribution is 5.94. The molecular weight excluding hydrogens is 444 g/mol. The van der Waals surface area contributed by atoms with E-state index in [1.165, 1.54) is 23.3 Å². The van der Waals surface area contributed by atoms with Gasteiger partial charge in [-0.1, -0.05) is 55.5 Å². The minimum absolute atomic E-state index is 0.00592. The number of amides is 2. The zero-order valence-corrected chi connectivity index (χ0v) is 19.7. The number of aromatic carboxylic acids is 1. The van der Waals surface area contributed by atoms with Crippen molar-refractivity contribution in [3.8, 4) is 11.1 Å². The topological polar surface area (TPSA) is 105 Å². The zero-order chi connectivity index (χ0) is 24.9. The molecule has 1 aliphatic carbocycles. The Balaban J connectivity index is 1.25. The second kappa shape index (κ2) is 10.4. The van der Waals surface area contributed by atoms with Crippen LogP contribution in [-0.2, 0) is 9.53 Å². The normalized spacial score (nSPS) is 12.9. The van der Waals surface area contributed by atoms with Gasteiger partial charge in [0.15, 0.2) is 0 Å². The minimum atomic E-state index is -1.02. The van der Waals surface area contributed by atoms with Gasteiger partial charge in [0.25, 0.3) is 0 Å². The van der Waals surface area contributed by atoms with Crippen LogP contribution in [-0.4, -0.2) is 36.2 Å². The van der Waals surface area contributed by atoms with Crippen LogP contribution in [0.5, 0.6) is 0 Å². The molecule has 3 N–H and O–H groups in total. The van der Waals surface area contributed by atoms with Gasteiger partial charge >= 0.3 is 12.1 Å². The number of carboxylic acids is 1. The Kier molecular flexibility index (Phi) is 7.15. The van der Waals surface area contributed by atoms with E-state index in [0.717, 1.165) is 11.1 Å². The number of carbonyl (C=O) groups excluding carboxylic acids is 2. The molecule has 1 atom stereocenters. The van der Waals surface area contributed by atoms with Crippen LogP contribution in [0, 0.1) is 12.8 Å². The largest absolute Gasteiger partial charge is 0.478 e. The molecule has 7 heteroatoms. The number of fused-ring (bicyclic) bond motifs is 3. The molecule has 0 heterocycles. The van der Waals surface area contributed by atoms with E-state index < -0.39 is 12.1 Å². The molecule has 0 saturated heterocycles. The summed E-state index contributed by atoms with van der Waals surface area (Å²) in [5.41, 5.74) is 6.05. The van der Waals surface area contributed by atoms with E-state index in [1.54, 1.807) is 19.9 Å². The van der Waals surface area contributed by atoms with Crippen molar-refractivity contribution >= 4 is 23.7 Å². The van der Waals surface area contributed by atoms with Crippen molar-refractivity contribution in [3.63, 3.8) is 0 Å². The van der Waals surface area contributed by atoms with Crippen molar-refractivity contribution in [1.82, 2.24) is 5.32 Å². The second-order valence-corrected chi connectivity index (χ2v) is 8.77. The molecule has 0 fully saturated rings. The lowest BCUT2D eigenvalue weighted by atomic mass is 9.98. The molecule has 3 aromatic carbocycles. The predicted octanol–water partition coefficient (Wildman–Crippen LogP) is 5.20.